The molecule has 1 heterocycles. The summed E-state index contributed by atoms with van der Waals surface area (Å²) in [5.41, 5.74) is -1.85. The van der Waals surface area contributed by atoms with Gasteiger partial charge in [0.2, 0.25) is 18.0 Å². The van der Waals surface area contributed by atoms with E-state index in [4.69, 9.17) is 41.7 Å². The molecule has 1 aromatic rings. The number of carbonyl (C=O) groups excluding carboxylic acids is 4. The topological polar surface area (TPSA) is 114 Å². The fourth-order valence-electron chi connectivity index (χ4n) is 3.06. The second-order valence-electron chi connectivity index (χ2n) is 9.22. The SMILES string of the molecule is C#C[C@]1(OC(=O)C(C)C)[C@@H](COC(=O)c2ccc(Cl)cc2)OC(OC(=O)C(C)C)[C@@H]1OC(=O)C(C)C. The van der Waals surface area contributed by atoms with Gasteiger partial charge in [-0.05, 0) is 24.3 Å². The summed E-state index contributed by atoms with van der Waals surface area (Å²) in [4.78, 5) is 50.2. The molecule has 10 heteroatoms. The van der Waals surface area contributed by atoms with E-state index in [2.05, 4.69) is 5.92 Å². The molecule has 1 saturated heterocycles. The largest absolute Gasteiger partial charge is 0.459 e. The smallest absolute Gasteiger partial charge is 0.338 e. The summed E-state index contributed by atoms with van der Waals surface area (Å²) >= 11 is 5.86. The van der Waals surface area contributed by atoms with Gasteiger partial charge in [0, 0.05) is 5.02 Å². The lowest BCUT2D eigenvalue weighted by Gasteiger charge is -2.33. The van der Waals surface area contributed by atoms with E-state index in [0.717, 1.165) is 0 Å². The van der Waals surface area contributed by atoms with E-state index in [-0.39, 0.29) is 5.56 Å². The van der Waals surface area contributed by atoms with E-state index in [9.17, 15) is 19.2 Å². The molecule has 0 amide bonds. The first-order valence-electron chi connectivity index (χ1n) is 11.5. The summed E-state index contributed by atoms with van der Waals surface area (Å²) < 4.78 is 27.9. The fourth-order valence-corrected chi connectivity index (χ4v) is 3.19. The Morgan fingerprint density at radius 2 is 1.47 bits per heavy atom. The highest BCUT2D eigenvalue weighted by Crippen LogP contribution is 2.39. The number of rotatable bonds is 9. The average Bonchev–Trinajstić information content (AvgIpc) is 3.09. The van der Waals surface area contributed by atoms with Crippen LogP contribution in [0.4, 0.5) is 0 Å². The Morgan fingerprint density at radius 3 is 1.97 bits per heavy atom. The van der Waals surface area contributed by atoms with E-state index in [1.54, 1.807) is 41.5 Å². The van der Waals surface area contributed by atoms with Crippen molar-refractivity contribution >= 4 is 35.5 Å². The zero-order valence-corrected chi connectivity index (χ0v) is 21.9. The minimum atomic E-state index is -2.05. The maximum absolute atomic E-state index is 12.7. The lowest BCUT2D eigenvalue weighted by atomic mass is 9.92. The molecule has 1 aromatic carbocycles. The van der Waals surface area contributed by atoms with Crippen LogP contribution in [-0.4, -0.2) is 54.6 Å². The van der Waals surface area contributed by atoms with E-state index in [1.165, 1.54) is 24.3 Å². The normalized spacial score (nSPS) is 23.3. The van der Waals surface area contributed by atoms with Gasteiger partial charge >= 0.3 is 23.9 Å². The van der Waals surface area contributed by atoms with Gasteiger partial charge < -0.3 is 23.7 Å². The van der Waals surface area contributed by atoms with Crippen molar-refractivity contribution in [2.45, 2.75) is 65.6 Å². The summed E-state index contributed by atoms with van der Waals surface area (Å²) in [6.45, 7) is 9.07. The Balaban J connectivity index is 2.45. The predicted octanol–water partition coefficient (Wildman–Crippen LogP) is 3.56. The Morgan fingerprint density at radius 1 is 0.944 bits per heavy atom. The summed E-state index contributed by atoms with van der Waals surface area (Å²) in [5.74, 6) is -2.16. The van der Waals surface area contributed by atoms with Gasteiger partial charge in [-0.25, -0.2) is 4.79 Å². The lowest BCUT2D eigenvalue weighted by molar-refractivity contribution is -0.203. The molecule has 0 saturated carbocycles. The van der Waals surface area contributed by atoms with Crippen LogP contribution in [0.1, 0.15) is 51.9 Å². The van der Waals surface area contributed by atoms with Crippen molar-refractivity contribution < 1.29 is 42.9 Å². The van der Waals surface area contributed by atoms with Gasteiger partial charge in [0.05, 0.1) is 23.3 Å². The Labute approximate surface area is 215 Å². The van der Waals surface area contributed by atoms with Crippen LogP contribution in [-0.2, 0) is 38.1 Å². The summed E-state index contributed by atoms with van der Waals surface area (Å²) in [7, 11) is 0. The van der Waals surface area contributed by atoms with Crippen LogP contribution in [0, 0.1) is 30.1 Å². The number of carbonyl (C=O) groups is 4. The number of hydrogen-bond donors (Lipinski definition) is 0. The molecule has 4 atom stereocenters. The van der Waals surface area contributed by atoms with Gasteiger partial charge in [0.25, 0.3) is 0 Å². The molecule has 0 aromatic heterocycles. The van der Waals surface area contributed by atoms with Crippen LogP contribution in [0.5, 0.6) is 0 Å². The molecule has 9 nitrogen and oxygen atoms in total. The van der Waals surface area contributed by atoms with Gasteiger partial charge in [-0.2, -0.15) is 0 Å². The maximum atomic E-state index is 12.7. The van der Waals surface area contributed by atoms with Crippen molar-refractivity contribution in [3.05, 3.63) is 34.9 Å². The number of ether oxygens (including phenoxy) is 5. The van der Waals surface area contributed by atoms with Crippen molar-refractivity contribution in [1.82, 2.24) is 0 Å². The lowest BCUT2D eigenvalue weighted by Crippen LogP contribution is -2.55. The highest BCUT2D eigenvalue weighted by molar-refractivity contribution is 6.30. The Hall–Kier alpha value is -3.09. The predicted molar refractivity (Wildman–Crippen MR) is 129 cm³/mol. The molecule has 1 aliphatic heterocycles. The number of esters is 4. The van der Waals surface area contributed by atoms with E-state index in [1.807, 2.05) is 0 Å². The second-order valence-corrected chi connectivity index (χ2v) is 9.65. The van der Waals surface area contributed by atoms with E-state index < -0.39 is 72.3 Å². The summed E-state index contributed by atoms with van der Waals surface area (Å²) in [6.07, 6.45) is 1.49. The monoisotopic (exact) mass is 522 g/mol. The van der Waals surface area contributed by atoms with Gasteiger partial charge in [0.15, 0.2) is 6.10 Å². The van der Waals surface area contributed by atoms with Crippen molar-refractivity contribution in [3.8, 4) is 12.3 Å². The molecule has 0 spiro atoms. The third kappa shape index (κ3) is 6.77. The van der Waals surface area contributed by atoms with Gasteiger partial charge in [-0.3, -0.25) is 14.4 Å². The van der Waals surface area contributed by atoms with Crippen molar-refractivity contribution in [2.24, 2.45) is 17.8 Å². The highest BCUT2D eigenvalue weighted by Gasteiger charge is 2.63. The molecule has 196 valence electrons. The Bertz CT molecular complexity index is 1010. The van der Waals surface area contributed by atoms with E-state index in [0.29, 0.717) is 5.02 Å². The Kier molecular flexibility index (Phi) is 9.91. The van der Waals surface area contributed by atoms with Gasteiger partial charge in [-0.1, -0.05) is 59.1 Å². The zero-order chi connectivity index (χ0) is 27.2. The number of hydrogen-bond acceptors (Lipinski definition) is 9. The van der Waals surface area contributed by atoms with Gasteiger partial charge in [-0.15, -0.1) is 6.42 Å². The first-order valence-corrected chi connectivity index (χ1v) is 11.9. The third-order valence-corrected chi connectivity index (χ3v) is 5.53. The molecular weight excluding hydrogens is 492 g/mol. The molecule has 0 bridgehead atoms. The van der Waals surface area contributed by atoms with Gasteiger partial charge in [0.1, 0.15) is 6.61 Å². The fraction of sp³-hybridized carbons (Fsp3) is 0.538. The summed E-state index contributed by atoms with van der Waals surface area (Å²) in [6, 6.07) is 5.97. The molecule has 0 radical (unpaired) electrons. The zero-order valence-electron chi connectivity index (χ0n) is 21.1. The molecule has 1 aliphatic rings. The molecule has 0 aliphatic carbocycles. The van der Waals surface area contributed by atoms with Crippen LogP contribution in [0.15, 0.2) is 24.3 Å². The molecule has 2 rings (SSSR count). The second kappa shape index (κ2) is 12.2. The molecule has 1 unspecified atom stereocenters. The third-order valence-electron chi connectivity index (χ3n) is 5.28. The first kappa shape index (κ1) is 29.1. The number of terminal acetylenes is 1. The summed E-state index contributed by atoms with van der Waals surface area (Å²) in [5, 5.41) is 0.433. The first-order chi connectivity index (χ1) is 16.8. The molecule has 36 heavy (non-hydrogen) atoms. The van der Waals surface area contributed by atoms with Crippen molar-refractivity contribution in [2.75, 3.05) is 6.61 Å². The van der Waals surface area contributed by atoms with Crippen LogP contribution in [0.2, 0.25) is 5.02 Å². The minimum Gasteiger partial charge on any atom is -0.459 e. The molecule has 1 fully saturated rings. The highest BCUT2D eigenvalue weighted by atomic mass is 35.5. The minimum absolute atomic E-state index is 0.202. The molecule has 0 N–H and O–H groups in total. The molecular formula is C26H31ClO9. The van der Waals surface area contributed by atoms with E-state index >= 15 is 0 Å². The quantitative estimate of drug-likeness (QED) is 0.273. The number of benzene rings is 1. The maximum Gasteiger partial charge on any atom is 0.338 e. The average molecular weight is 523 g/mol. The van der Waals surface area contributed by atoms with Crippen LogP contribution < -0.4 is 0 Å². The van der Waals surface area contributed by atoms with Crippen molar-refractivity contribution in [3.63, 3.8) is 0 Å². The standard InChI is InChI=1S/C26H31ClO9/c1-8-26(36-23(30)16(6)7)19(13-32-24(31)17-9-11-18(27)12-10-17)33-25(35-22(29)15(4)5)20(26)34-21(28)14(2)3/h1,9-12,14-16,19-20,25H,13H2,2-7H3/t19-,20+,25?,26+/m1/s1. The number of halogens is 1. The van der Waals surface area contributed by atoms with Crippen molar-refractivity contribution in [1.29, 1.82) is 0 Å². The van der Waals surface area contributed by atoms with Crippen LogP contribution >= 0.6 is 11.6 Å². The van der Waals surface area contributed by atoms with Crippen LogP contribution in [0.3, 0.4) is 0 Å². The van der Waals surface area contributed by atoms with Crippen LogP contribution in [0.25, 0.3) is 0 Å².